The van der Waals surface area contributed by atoms with Crippen LogP contribution in [0.4, 0.5) is 24.5 Å². The highest BCUT2D eigenvalue weighted by Crippen LogP contribution is 2.38. The van der Waals surface area contributed by atoms with E-state index < -0.39 is 12.1 Å². The van der Waals surface area contributed by atoms with Crippen molar-refractivity contribution in [3.05, 3.63) is 42.1 Å². The van der Waals surface area contributed by atoms with Crippen LogP contribution < -0.4 is 9.64 Å². The Morgan fingerprint density at radius 3 is 2.31 bits per heavy atom. The van der Waals surface area contributed by atoms with Gasteiger partial charge in [0.05, 0.1) is 5.71 Å². The van der Waals surface area contributed by atoms with Crippen LogP contribution in [0.1, 0.15) is 12.8 Å². The third-order valence-corrected chi connectivity index (χ3v) is 5.17. The number of ether oxygens (including phenoxy) is 1. The van der Waals surface area contributed by atoms with Crippen LogP contribution in [-0.2, 0) is 4.79 Å². The number of hydrogen-bond donors (Lipinski definition) is 1. The smallest absolute Gasteiger partial charge is 0.478 e. The summed E-state index contributed by atoms with van der Waals surface area (Å²) in [5.41, 5.74) is 4.48. The quantitative estimate of drug-likeness (QED) is 0.813. The van der Waals surface area contributed by atoms with Crippen LogP contribution in [-0.4, -0.2) is 60.1 Å². The van der Waals surface area contributed by atoms with E-state index in [1.54, 1.807) is 0 Å². The van der Waals surface area contributed by atoms with Crippen LogP contribution in [0.3, 0.4) is 0 Å². The Morgan fingerprint density at radius 2 is 1.76 bits per heavy atom. The van der Waals surface area contributed by atoms with Crippen LogP contribution in [0.5, 0.6) is 5.75 Å². The van der Waals surface area contributed by atoms with Crippen molar-refractivity contribution >= 4 is 23.1 Å². The number of likely N-dealkylation sites (tertiary alicyclic amines) is 1. The van der Waals surface area contributed by atoms with E-state index in [0.717, 1.165) is 43.3 Å². The molecule has 6 nitrogen and oxygen atoms in total. The topological polar surface area (TPSA) is 65.4 Å². The Morgan fingerprint density at radius 1 is 1.10 bits per heavy atom. The van der Waals surface area contributed by atoms with Crippen molar-refractivity contribution in [1.29, 1.82) is 0 Å². The molecule has 1 aliphatic carbocycles. The summed E-state index contributed by atoms with van der Waals surface area (Å²) in [5.74, 6) is -1.85. The van der Waals surface area contributed by atoms with Crippen LogP contribution in [0, 0.1) is 0 Å². The number of carboxylic acids is 1. The molecular formula is C20H20F3N3O3. The molecule has 3 heterocycles. The first-order chi connectivity index (χ1) is 13.8. The summed E-state index contributed by atoms with van der Waals surface area (Å²) in [4.78, 5) is 18.4. The minimum atomic E-state index is -5.08. The molecule has 0 radical (unpaired) electrons. The standard InChI is InChI=1S/C18H19N3O.C2HF3O2/c1-7-20(8-1)13-3-5-15-17(11-13)22-18-12-14(21-9-2-10-21)4-6-16(18)19-15;3-2(4,5)1(6)7/h3-6,11-12,17H,1-2,7-10H2;(H,6,7). The highest BCUT2D eigenvalue weighted by molar-refractivity contribution is 6.04. The Hall–Kier alpha value is -2.97. The predicted octanol–water partition coefficient (Wildman–Crippen LogP) is 3.52. The van der Waals surface area contributed by atoms with Gasteiger partial charge in [-0.05, 0) is 43.2 Å². The van der Waals surface area contributed by atoms with Gasteiger partial charge in [0.25, 0.3) is 0 Å². The van der Waals surface area contributed by atoms with Crippen molar-refractivity contribution in [2.45, 2.75) is 25.1 Å². The van der Waals surface area contributed by atoms with Gasteiger partial charge in [-0.25, -0.2) is 9.79 Å². The summed E-state index contributed by atoms with van der Waals surface area (Å²) < 4.78 is 38.0. The lowest BCUT2D eigenvalue weighted by molar-refractivity contribution is -0.192. The lowest BCUT2D eigenvalue weighted by atomic mass is 10.0. The molecule has 1 aromatic rings. The second-order valence-corrected chi connectivity index (χ2v) is 7.14. The maximum Gasteiger partial charge on any atom is 0.490 e. The molecule has 1 N–H and O–H groups in total. The monoisotopic (exact) mass is 407 g/mol. The Balaban J connectivity index is 0.000000255. The lowest BCUT2D eigenvalue weighted by Crippen LogP contribution is -2.39. The molecule has 3 aliphatic heterocycles. The van der Waals surface area contributed by atoms with E-state index in [9.17, 15) is 13.2 Å². The minimum absolute atomic E-state index is 0.0419. The average molecular weight is 407 g/mol. The summed E-state index contributed by atoms with van der Waals surface area (Å²) >= 11 is 0. The van der Waals surface area contributed by atoms with E-state index in [0.29, 0.717) is 0 Å². The minimum Gasteiger partial charge on any atom is -0.478 e. The first-order valence-corrected chi connectivity index (χ1v) is 9.40. The van der Waals surface area contributed by atoms with Gasteiger partial charge in [0.1, 0.15) is 11.4 Å². The first kappa shape index (κ1) is 19.4. The van der Waals surface area contributed by atoms with Crippen molar-refractivity contribution < 1.29 is 27.8 Å². The number of halogens is 3. The number of aliphatic carboxylic acids is 1. The van der Waals surface area contributed by atoms with E-state index >= 15 is 0 Å². The number of anilines is 1. The van der Waals surface area contributed by atoms with E-state index in [2.05, 4.69) is 46.2 Å². The first-order valence-electron chi connectivity index (χ1n) is 9.40. The molecule has 2 fully saturated rings. The second-order valence-electron chi connectivity index (χ2n) is 7.14. The molecule has 1 unspecified atom stereocenters. The number of aliphatic imine (C=N–C) groups is 1. The molecular weight excluding hydrogens is 387 g/mol. The molecule has 0 aromatic heterocycles. The van der Waals surface area contributed by atoms with Crippen LogP contribution >= 0.6 is 0 Å². The third-order valence-electron chi connectivity index (χ3n) is 5.17. The maximum absolute atomic E-state index is 10.6. The van der Waals surface area contributed by atoms with Crippen molar-refractivity contribution in [2.24, 2.45) is 4.99 Å². The van der Waals surface area contributed by atoms with Gasteiger partial charge in [0, 0.05) is 43.6 Å². The second kappa shape index (κ2) is 7.46. The average Bonchev–Trinajstić information content (AvgIpc) is 2.56. The van der Waals surface area contributed by atoms with Gasteiger partial charge in [-0.2, -0.15) is 13.2 Å². The summed E-state index contributed by atoms with van der Waals surface area (Å²) in [5, 5.41) is 7.12. The van der Waals surface area contributed by atoms with Gasteiger partial charge in [-0.3, -0.25) is 0 Å². The lowest BCUT2D eigenvalue weighted by Gasteiger charge is -2.37. The molecule has 0 bridgehead atoms. The Kier molecular flexibility index (Phi) is 4.97. The van der Waals surface area contributed by atoms with E-state index in [1.807, 2.05) is 0 Å². The Bertz CT molecular complexity index is 900. The summed E-state index contributed by atoms with van der Waals surface area (Å²) in [6.45, 7) is 4.62. The largest absolute Gasteiger partial charge is 0.490 e. The third kappa shape index (κ3) is 4.08. The van der Waals surface area contributed by atoms with Crippen LogP contribution in [0.25, 0.3) is 0 Å². The van der Waals surface area contributed by atoms with Crippen molar-refractivity contribution in [2.75, 3.05) is 31.1 Å². The molecule has 1 aromatic carbocycles. The fourth-order valence-corrected chi connectivity index (χ4v) is 3.28. The molecule has 2 saturated heterocycles. The van der Waals surface area contributed by atoms with Crippen molar-refractivity contribution in [3.8, 4) is 5.75 Å². The number of rotatable bonds is 2. The van der Waals surface area contributed by atoms with Crippen LogP contribution in [0.2, 0.25) is 0 Å². The molecule has 4 aliphatic rings. The highest BCUT2D eigenvalue weighted by Gasteiger charge is 2.38. The van der Waals surface area contributed by atoms with Gasteiger partial charge in [-0.15, -0.1) is 0 Å². The summed E-state index contributed by atoms with van der Waals surface area (Å²) in [6.07, 6.45) is 3.92. The van der Waals surface area contributed by atoms with Gasteiger partial charge >= 0.3 is 12.1 Å². The molecule has 0 saturated carbocycles. The zero-order valence-corrected chi connectivity index (χ0v) is 15.5. The van der Waals surface area contributed by atoms with E-state index in [4.69, 9.17) is 19.6 Å². The molecule has 29 heavy (non-hydrogen) atoms. The number of carbonyl (C=O) groups is 1. The molecule has 0 spiro atoms. The molecule has 5 rings (SSSR count). The number of carboxylic acid groups (broad SMARTS) is 1. The molecule has 1 atom stereocenters. The molecule has 9 heteroatoms. The van der Waals surface area contributed by atoms with Gasteiger partial charge in [-0.1, -0.05) is 0 Å². The zero-order valence-electron chi connectivity index (χ0n) is 15.5. The number of alkyl halides is 3. The Labute approximate surface area is 165 Å². The van der Waals surface area contributed by atoms with Crippen molar-refractivity contribution in [3.63, 3.8) is 0 Å². The number of allylic oxidation sites excluding steroid dienone is 1. The number of nitrogens with zero attached hydrogens (tertiary/aromatic N) is 3. The van der Waals surface area contributed by atoms with E-state index in [-0.39, 0.29) is 6.10 Å². The summed E-state index contributed by atoms with van der Waals surface area (Å²) in [7, 11) is 0. The SMILES string of the molecule is C1=CC2=Nc3ccc(N4CCC4)cc3OC2C=C1N1CCC1.O=C(O)C(F)(F)F. The van der Waals surface area contributed by atoms with Crippen LogP contribution in [0.15, 0.2) is 47.1 Å². The van der Waals surface area contributed by atoms with Crippen molar-refractivity contribution in [1.82, 2.24) is 4.90 Å². The highest BCUT2D eigenvalue weighted by atomic mass is 19.4. The zero-order chi connectivity index (χ0) is 20.6. The van der Waals surface area contributed by atoms with Gasteiger partial charge in [0.2, 0.25) is 0 Å². The molecule has 154 valence electrons. The molecule has 0 amide bonds. The maximum atomic E-state index is 10.6. The van der Waals surface area contributed by atoms with E-state index in [1.165, 1.54) is 24.2 Å². The van der Waals surface area contributed by atoms with Gasteiger partial charge < -0.3 is 19.6 Å². The number of fused-ring (bicyclic) bond motifs is 2. The number of benzene rings is 1. The fourth-order valence-electron chi connectivity index (χ4n) is 3.28. The predicted molar refractivity (Wildman–Crippen MR) is 102 cm³/mol. The number of hydrogen-bond acceptors (Lipinski definition) is 5. The fraction of sp³-hybridized carbons (Fsp3) is 0.400. The summed E-state index contributed by atoms with van der Waals surface area (Å²) in [6, 6.07) is 6.37. The normalized spacial score (nSPS) is 21.8. The van der Waals surface area contributed by atoms with Gasteiger partial charge in [0.15, 0.2) is 6.10 Å².